The zero-order valence-electron chi connectivity index (χ0n) is 17.0. The summed E-state index contributed by atoms with van der Waals surface area (Å²) in [6.07, 6.45) is -14.4. The van der Waals surface area contributed by atoms with Gasteiger partial charge in [-0.05, 0) is 60.4 Å². The minimum absolute atomic E-state index is 0.0204. The summed E-state index contributed by atoms with van der Waals surface area (Å²) in [6.45, 7) is 1.76. The highest BCUT2D eigenvalue weighted by atomic mass is 19.4. The molecule has 3 atom stereocenters. The van der Waals surface area contributed by atoms with Gasteiger partial charge in [0.1, 0.15) is 0 Å². The molecule has 33 heavy (non-hydrogen) atoms. The summed E-state index contributed by atoms with van der Waals surface area (Å²) in [7, 11) is 0. The number of anilines is 1. The highest BCUT2D eigenvalue weighted by Gasteiger charge is 2.40. The van der Waals surface area contributed by atoms with E-state index in [4.69, 9.17) is 0 Å². The van der Waals surface area contributed by atoms with Crippen LogP contribution < -0.4 is 5.32 Å². The second-order valence-electron chi connectivity index (χ2n) is 7.84. The van der Waals surface area contributed by atoms with E-state index in [1.54, 1.807) is 13.0 Å². The molecule has 0 aromatic heterocycles. The first-order valence-electron chi connectivity index (χ1n) is 9.81. The van der Waals surface area contributed by atoms with Gasteiger partial charge >= 0.3 is 18.5 Å². The largest absolute Gasteiger partial charge is 0.416 e. The number of nitrogens with one attached hydrogen (secondary N) is 1. The standard InChI is InChI=1S/C22H17F9N2/c1-2-15-9-16(17-8-12(20(23,24)25)3-4-19(17)33-15)18(10-32)11-5-13(21(26,27)28)7-14(6-11)22(29,30)31/h3-8,15-16,18,33H,2,9H2,1H3. The number of nitrogens with zero attached hydrogens (tertiary/aromatic N) is 1. The average Bonchev–Trinajstić information content (AvgIpc) is 2.71. The Morgan fingerprint density at radius 1 is 0.879 bits per heavy atom. The Morgan fingerprint density at radius 2 is 1.42 bits per heavy atom. The zero-order valence-corrected chi connectivity index (χ0v) is 17.0. The molecule has 0 spiro atoms. The maximum atomic E-state index is 13.3. The number of fused-ring (bicyclic) bond motifs is 1. The van der Waals surface area contributed by atoms with E-state index < -0.39 is 52.6 Å². The van der Waals surface area contributed by atoms with Gasteiger partial charge in [0.2, 0.25) is 0 Å². The first-order chi connectivity index (χ1) is 15.1. The number of halogens is 9. The summed E-state index contributed by atoms with van der Waals surface area (Å²) in [5, 5.41) is 12.8. The third-order valence-corrected chi connectivity index (χ3v) is 5.68. The van der Waals surface area contributed by atoms with Gasteiger partial charge in [0.05, 0.1) is 28.7 Å². The molecular weight excluding hydrogens is 463 g/mol. The third kappa shape index (κ3) is 5.20. The zero-order chi connectivity index (χ0) is 24.8. The topological polar surface area (TPSA) is 35.8 Å². The van der Waals surface area contributed by atoms with E-state index in [0.717, 1.165) is 18.2 Å². The lowest BCUT2D eigenvalue weighted by atomic mass is 9.74. The monoisotopic (exact) mass is 480 g/mol. The van der Waals surface area contributed by atoms with Crippen molar-refractivity contribution in [1.29, 1.82) is 5.26 Å². The van der Waals surface area contributed by atoms with Gasteiger partial charge in [-0.2, -0.15) is 44.8 Å². The molecule has 0 bridgehead atoms. The lowest BCUT2D eigenvalue weighted by Crippen LogP contribution is -2.30. The summed E-state index contributed by atoms with van der Waals surface area (Å²) in [5.41, 5.74) is -4.47. The predicted octanol–water partition coefficient (Wildman–Crippen LogP) is 7.73. The normalized spacial score (nSPS) is 19.9. The molecule has 0 radical (unpaired) electrons. The van der Waals surface area contributed by atoms with Crippen LogP contribution in [-0.2, 0) is 18.5 Å². The lowest BCUT2D eigenvalue weighted by Gasteiger charge is -2.36. The highest BCUT2D eigenvalue weighted by Crippen LogP contribution is 2.47. The number of hydrogen-bond acceptors (Lipinski definition) is 2. The highest BCUT2D eigenvalue weighted by molar-refractivity contribution is 5.59. The molecular formula is C22H17F9N2. The van der Waals surface area contributed by atoms with Crippen molar-refractivity contribution in [2.45, 2.75) is 56.2 Å². The summed E-state index contributed by atoms with van der Waals surface area (Å²) in [6, 6.07) is 5.06. The van der Waals surface area contributed by atoms with Gasteiger partial charge < -0.3 is 5.32 Å². The summed E-state index contributed by atoms with van der Waals surface area (Å²) in [5.74, 6) is -2.59. The molecule has 3 unspecified atom stereocenters. The van der Waals surface area contributed by atoms with E-state index in [0.29, 0.717) is 18.6 Å². The van der Waals surface area contributed by atoms with Gasteiger partial charge in [-0.25, -0.2) is 0 Å². The Labute approximate surface area is 183 Å². The van der Waals surface area contributed by atoms with Crippen molar-refractivity contribution in [3.63, 3.8) is 0 Å². The second kappa shape index (κ2) is 8.47. The molecule has 11 heteroatoms. The van der Waals surface area contributed by atoms with Crippen LogP contribution in [0, 0.1) is 11.3 Å². The molecule has 178 valence electrons. The van der Waals surface area contributed by atoms with Gasteiger partial charge in [-0.15, -0.1) is 0 Å². The Balaban J connectivity index is 2.20. The lowest BCUT2D eigenvalue weighted by molar-refractivity contribution is -0.143. The van der Waals surface area contributed by atoms with E-state index in [9.17, 15) is 44.8 Å². The SMILES string of the molecule is CCC1CC(C(C#N)c2cc(C(F)(F)F)cc(C(F)(F)F)c2)c2cc(C(F)(F)F)ccc2N1. The average molecular weight is 480 g/mol. The minimum atomic E-state index is -5.11. The fraction of sp³-hybridized carbons (Fsp3) is 0.409. The molecule has 2 nitrogen and oxygen atoms in total. The van der Waals surface area contributed by atoms with Gasteiger partial charge in [0, 0.05) is 17.6 Å². The molecule has 2 aromatic carbocycles. The number of nitriles is 1. The maximum Gasteiger partial charge on any atom is 0.416 e. The number of rotatable bonds is 3. The summed E-state index contributed by atoms with van der Waals surface area (Å²) >= 11 is 0. The van der Waals surface area contributed by atoms with Crippen molar-refractivity contribution in [3.8, 4) is 6.07 Å². The smallest absolute Gasteiger partial charge is 0.382 e. The Kier molecular flexibility index (Phi) is 6.35. The molecule has 2 aromatic rings. The van der Waals surface area contributed by atoms with Crippen LogP contribution in [0.4, 0.5) is 45.2 Å². The van der Waals surface area contributed by atoms with Crippen molar-refractivity contribution in [2.75, 3.05) is 5.32 Å². The number of alkyl halides is 9. The summed E-state index contributed by atoms with van der Waals surface area (Å²) in [4.78, 5) is 0. The first kappa shape index (κ1) is 24.7. The molecule has 0 fully saturated rings. The van der Waals surface area contributed by atoms with Gasteiger partial charge in [0.25, 0.3) is 0 Å². The van der Waals surface area contributed by atoms with E-state index >= 15 is 0 Å². The Hall–Kier alpha value is -2.90. The quantitative estimate of drug-likeness (QED) is 0.457. The van der Waals surface area contributed by atoms with E-state index in [-0.39, 0.29) is 29.8 Å². The molecule has 1 heterocycles. The van der Waals surface area contributed by atoms with Crippen LogP contribution in [-0.4, -0.2) is 6.04 Å². The van der Waals surface area contributed by atoms with Crippen LogP contribution in [0.25, 0.3) is 0 Å². The maximum absolute atomic E-state index is 13.3. The van der Waals surface area contributed by atoms with Gasteiger partial charge in [-0.1, -0.05) is 6.92 Å². The molecule has 1 N–H and O–H groups in total. The molecule has 0 aliphatic carbocycles. The second-order valence-corrected chi connectivity index (χ2v) is 7.84. The minimum Gasteiger partial charge on any atom is -0.382 e. The van der Waals surface area contributed by atoms with E-state index in [2.05, 4.69) is 5.32 Å². The number of hydrogen-bond donors (Lipinski definition) is 1. The van der Waals surface area contributed by atoms with Crippen molar-refractivity contribution >= 4 is 5.69 Å². The molecule has 0 saturated heterocycles. The molecule has 1 aliphatic heterocycles. The fourth-order valence-corrected chi connectivity index (χ4v) is 4.03. The summed E-state index contributed by atoms with van der Waals surface area (Å²) < 4.78 is 120. The van der Waals surface area contributed by atoms with Crippen LogP contribution >= 0.6 is 0 Å². The van der Waals surface area contributed by atoms with Gasteiger partial charge in [-0.3, -0.25) is 0 Å². The fourth-order valence-electron chi connectivity index (χ4n) is 4.03. The van der Waals surface area contributed by atoms with Crippen molar-refractivity contribution < 1.29 is 39.5 Å². The van der Waals surface area contributed by atoms with Crippen molar-refractivity contribution in [2.24, 2.45) is 0 Å². The van der Waals surface area contributed by atoms with E-state index in [1.807, 2.05) is 0 Å². The van der Waals surface area contributed by atoms with Crippen LogP contribution in [0.1, 0.15) is 59.4 Å². The molecule has 0 saturated carbocycles. The Bertz CT molecular complexity index is 1030. The van der Waals surface area contributed by atoms with Crippen LogP contribution in [0.3, 0.4) is 0 Å². The predicted molar refractivity (Wildman–Crippen MR) is 101 cm³/mol. The Morgan fingerprint density at radius 3 is 1.88 bits per heavy atom. The molecule has 1 aliphatic rings. The van der Waals surface area contributed by atoms with Crippen molar-refractivity contribution in [3.05, 3.63) is 64.2 Å². The first-order valence-corrected chi connectivity index (χ1v) is 9.81. The molecule has 3 rings (SSSR count). The van der Waals surface area contributed by atoms with Crippen LogP contribution in [0.5, 0.6) is 0 Å². The van der Waals surface area contributed by atoms with Gasteiger partial charge in [0.15, 0.2) is 0 Å². The third-order valence-electron chi connectivity index (χ3n) is 5.68. The number of benzene rings is 2. The van der Waals surface area contributed by atoms with Crippen molar-refractivity contribution in [1.82, 2.24) is 0 Å². The van der Waals surface area contributed by atoms with Crippen LogP contribution in [0.15, 0.2) is 36.4 Å². The molecule has 0 amide bonds. The van der Waals surface area contributed by atoms with Crippen LogP contribution in [0.2, 0.25) is 0 Å². The van der Waals surface area contributed by atoms with E-state index in [1.165, 1.54) is 0 Å².